The molecule has 3 heterocycles. The molecule has 1 aliphatic carbocycles. The molecule has 3 heteroatoms. The Morgan fingerprint density at radius 2 is 1.21 bits per heavy atom. The van der Waals surface area contributed by atoms with Gasteiger partial charge >= 0.3 is 0 Å². The van der Waals surface area contributed by atoms with Gasteiger partial charge in [0, 0.05) is 32.6 Å². The molecule has 0 saturated heterocycles. The van der Waals surface area contributed by atoms with Crippen LogP contribution in [0.3, 0.4) is 0 Å². The average molecular weight is 539 g/mol. The molecule has 6 aromatic carbocycles. The highest BCUT2D eigenvalue weighted by Gasteiger charge is 2.37. The van der Waals surface area contributed by atoms with Crippen molar-refractivity contribution in [3.8, 4) is 16.8 Å². The lowest BCUT2D eigenvalue weighted by Crippen LogP contribution is -2.19. The molecule has 8 aromatic rings. The van der Waals surface area contributed by atoms with Gasteiger partial charge in [-0.25, -0.2) is 0 Å². The van der Waals surface area contributed by atoms with Crippen LogP contribution in [0.1, 0.15) is 25.0 Å². The van der Waals surface area contributed by atoms with Crippen LogP contribution in [0.2, 0.25) is 0 Å². The molecule has 198 valence electrons. The first-order chi connectivity index (χ1) is 20.6. The van der Waals surface area contributed by atoms with Gasteiger partial charge < -0.3 is 13.9 Å². The molecule has 1 aliphatic heterocycles. The standard InChI is InChI=1S/C39H26N2O/c1-39(2)30-13-5-3-10-24(30)25-19-18-23(22-31(25)39)40-32-14-6-7-15-33(32)41-36-27(12-9-16-34(36)40)28-20-21-29-26-11-4-8-17-35(26)42-38(29)37(28)41/h3-22H,1-2H3. The molecule has 0 bridgehead atoms. The minimum Gasteiger partial charge on any atom is -0.454 e. The highest BCUT2D eigenvalue weighted by molar-refractivity contribution is 6.24. The number of aromatic nitrogens is 1. The van der Waals surface area contributed by atoms with Crippen LogP contribution in [0.25, 0.3) is 60.6 Å². The largest absolute Gasteiger partial charge is 0.454 e. The van der Waals surface area contributed by atoms with Crippen LogP contribution in [0.5, 0.6) is 0 Å². The Morgan fingerprint density at radius 1 is 0.524 bits per heavy atom. The Kier molecular flexibility index (Phi) is 4.01. The second-order valence-corrected chi connectivity index (χ2v) is 12.2. The van der Waals surface area contributed by atoms with Gasteiger partial charge in [-0.05, 0) is 64.7 Å². The molecular formula is C39H26N2O. The fourth-order valence-electron chi connectivity index (χ4n) is 7.81. The number of hydrogen-bond acceptors (Lipinski definition) is 2. The number of fused-ring (bicyclic) bond motifs is 12. The maximum absolute atomic E-state index is 6.60. The molecule has 42 heavy (non-hydrogen) atoms. The molecular weight excluding hydrogens is 512 g/mol. The van der Waals surface area contributed by atoms with E-state index in [0.29, 0.717) is 0 Å². The number of hydrogen-bond donors (Lipinski definition) is 0. The highest BCUT2D eigenvalue weighted by atomic mass is 16.3. The summed E-state index contributed by atoms with van der Waals surface area (Å²) in [7, 11) is 0. The van der Waals surface area contributed by atoms with Gasteiger partial charge in [0.15, 0.2) is 5.58 Å². The van der Waals surface area contributed by atoms with Crippen LogP contribution in [0, 0.1) is 0 Å². The van der Waals surface area contributed by atoms with E-state index < -0.39 is 0 Å². The summed E-state index contributed by atoms with van der Waals surface area (Å²) in [5.41, 5.74) is 14.3. The summed E-state index contributed by atoms with van der Waals surface area (Å²) in [6.07, 6.45) is 0. The predicted molar refractivity (Wildman–Crippen MR) is 174 cm³/mol. The summed E-state index contributed by atoms with van der Waals surface area (Å²) >= 11 is 0. The van der Waals surface area contributed by atoms with Crippen LogP contribution in [0.4, 0.5) is 17.1 Å². The van der Waals surface area contributed by atoms with Crippen molar-refractivity contribution in [1.82, 2.24) is 4.57 Å². The van der Waals surface area contributed by atoms with Crippen molar-refractivity contribution in [1.29, 1.82) is 0 Å². The molecule has 0 N–H and O–H groups in total. The molecule has 0 saturated carbocycles. The summed E-state index contributed by atoms with van der Waals surface area (Å²) < 4.78 is 9.03. The van der Waals surface area contributed by atoms with E-state index in [0.717, 1.165) is 38.8 Å². The van der Waals surface area contributed by atoms with Crippen molar-refractivity contribution < 1.29 is 4.42 Å². The lowest BCUT2D eigenvalue weighted by molar-refractivity contribution is 0.660. The van der Waals surface area contributed by atoms with Crippen molar-refractivity contribution in [2.75, 3.05) is 4.90 Å². The summed E-state index contributed by atoms with van der Waals surface area (Å²) in [6.45, 7) is 4.70. The van der Waals surface area contributed by atoms with Crippen LogP contribution >= 0.6 is 0 Å². The van der Waals surface area contributed by atoms with E-state index in [-0.39, 0.29) is 5.41 Å². The smallest absolute Gasteiger partial charge is 0.160 e. The zero-order chi connectivity index (χ0) is 27.7. The number of nitrogens with zero attached hydrogens (tertiary/aromatic N) is 2. The van der Waals surface area contributed by atoms with E-state index in [1.807, 2.05) is 6.07 Å². The Hall–Kier alpha value is -5.28. The first-order valence-electron chi connectivity index (χ1n) is 14.6. The number of anilines is 3. The van der Waals surface area contributed by atoms with Gasteiger partial charge in [0.25, 0.3) is 0 Å². The minimum absolute atomic E-state index is 0.0644. The van der Waals surface area contributed by atoms with E-state index in [2.05, 4.69) is 139 Å². The lowest BCUT2D eigenvalue weighted by Gasteiger charge is -2.34. The second-order valence-electron chi connectivity index (χ2n) is 12.2. The number of rotatable bonds is 1. The Morgan fingerprint density at radius 3 is 2.14 bits per heavy atom. The number of para-hydroxylation sites is 4. The number of benzene rings is 6. The van der Waals surface area contributed by atoms with Gasteiger partial charge in [-0.3, -0.25) is 0 Å². The van der Waals surface area contributed by atoms with Crippen molar-refractivity contribution in [2.24, 2.45) is 0 Å². The van der Waals surface area contributed by atoms with Gasteiger partial charge in [0.1, 0.15) is 5.58 Å². The van der Waals surface area contributed by atoms with E-state index >= 15 is 0 Å². The van der Waals surface area contributed by atoms with E-state index in [1.54, 1.807) is 0 Å². The van der Waals surface area contributed by atoms with Crippen molar-refractivity contribution in [3.05, 3.63) is 132 Å². The monoisotopic (exact) mass is 538 g/mol. The molecule has 10 rings (SSSR count). The van der Waals surface area contributed by atoms with Crippen molar-refractivity contribution >= 4 is 60.8 Å². The molecule has 2 aliphatic rings. The van der Waals surface area contributed by atoms with Gasteiger partial charge in [-0.1, -0.05) is 92.7 Å². The summed E-state index contributed by atoms with van der Waals surface area (Å²) in [5, 5.41) is 4.75. The first kappa shape index (κ1) is 22.4. The molecule has 0 radical (unpaired) electrons. The van der Waals surface area contributed by atoms with Gasteiger partial charge in [-0.2, -0.15) is 0 Å². The Balaban J connectivity index is 1.30. The highest BCUT2D eigenvalue weighted by Crippen LogP contribution is 2.54. The van der Waals surface area contributed by atoms with Gasteiger partial charge in [-0.15, -0.1) is 0 Å². The molecule has 2 aromatic heterocycles. The SMILES string of the molecule is CC1(C)c2ccccc2-c2ccc(N3c4ccccc4-n4c5c3cccc5c3ccc5c6ccccc6oc5c34)cc21. The van der Waals surface area contributed by atoms with E-state index in [9.17, 15) is 0 Å². The van der Waals surface area contributed by atoms with Gasteiger partial charge in [0.2, 0.25) is 0 Å². The maximum atomic E-state index is 6.60. The fourth-order valence-corrected chi connectivity index (χ4v) is 7.81. The number of furan rings is 1. The van der Waals surface area contributed by atoms with Crippen molar-refractivity contribution in [3.63, 3.8) is 0 Å². The molecule has 0 unspecified atom stereocenters. The Labute approximate surface area is 242 Å². The van der Waals surface area contributed by atoms with Crippen LogP contribution in [0.15, 0.2) is 126 Å². The summed E-state index contributed by atoms with van der Waals surface area (Å²) in [5.74, 6) is 0. The normalized spacial score (nSPS) is 14.6. The molecule has 3 nitrogen and oxygen atoms in total. The van der Waals surface area contributed by atoms with Gasteiger partial charge in [0.05, 0.1) is 28.1 Å². The lowest BCUT2D eigenvalue weighted by atomic mass is 9.82. The van der Waals surface area contributed by atoms with Crippen LogP contribution in [-0.2, 0) is 5.41 Å². The molecule has 0 amide bonds. The third-order valence-electron chi connectivity index (χ3n) is 9.70. The quantitative estimate of drug-likeness (QED) is 0.207. The first-order valence-corrected chi connectivity index (χ1v) is 14.6. The topological polar surface area (TPSA) is 21.3 Å². The Bertz CT molecular complexity index is 2460. The minimum atomic E-state index is -0.0644. The van der Waals surface area contributed by atoms with E-state index in [4.69, 9.17) is 4.42 Å². The molecule has 0 spiro atoms. The maximum Gasteiger partial charge on any atom is 0.160 e. The van der Waals surface area contributed by atoms with Crippen molar-refractivity contribution in [2.45, 2.75) is 19.3 Å². The zero-order valence-corrected chi connectivity index (χ0v) is 23.3. The average Bonchev–Trinajstić information content (AvgIpc) is 3.65. The predicted octanol–water partition coefficient (Wildman–Crippen LogP) is 10.8. The van der Waals surface area contributed by atoms with Crippen LogP contribution < -0.4 is 4.90 Å². The second kappa shape index (κ2) is 7.51. The fraction of sp³-hybridized carbons (Fsp3) is 0.0769. The molecule has 0 atom stereocenters. The summed E-state index contributed by atoms with van der Waals surface area (Å²) in [4.78, 5) is 2.45. The zero-order valence-electron chi connectivity index (χ0n) is 23.3. The third kappa shape index (κ3) is 2.58. The molecule has 0 fully saturated rings. The van der Waals surface area contributed by atoms with Crippen LogP contribution in [-0.4, -0.2) is 4.57 Å². The third-order valence-corrected chi connectivity index (χ3v) is 9.70. The summed E-state index contributed by atoms with van der Waals surface area (Å²) in [6, 6.07) is 44.2. The van der Waals surface area contributed by atoms with E-state index in [1.165, 1.54) is 49.9 Å².